The summed E-state index contributed by atoms with van der Waals surface area (Å²) in [6, 6.07) is 11.0. The molecule has 0 atom stereocenters. The summed E-state index contributed by atoms with van der Waals surface area (Å²) in [5, 5.41) is 16.8. The number of carbonyl (C=O) groups is 2. The Kier molecular flexibility index (Phi) is 6.39. The van der Waals surface area contributed by atoms with Crippen LogP contribution in [-0.2, 0) is 16.6 Å². The second kappa shape index (κ2) is 8.79. The van der Waals surface area contributed by atoms with Crippen molar-refractivity contribution in [2.45, 2.75) is 25.9 Å². The molecule has 0 saturated heterocycles. The molecule has 3 rings (SSSR count). The van der Waals surface area contributed by atoms with Crippen LogP contribution in [-0.4, -0.2) is 32.3 Å². The van der Waals surface area contributed by atoms with Crippen molar-refractivity contribution in [1.29, 1.82) is 0 Å². The van der Waals surface area contributed by atoms with Gasteiger partial charge in [0.2, 0.25) is 11.8 Å². The van der Waals surface area contributed by atoms with E-state index in [9.17, 15) is 9.59 Å². The number of aromatic nitrogens is 3. The van der Waals surface area contributed by atoms with Crippen LogP contribution in [0.25, 0.3) is 10.7 Å². The number of anilines is 2. The number of nitrogens with zero attached hydrogens (tertiary/aromatic N) is 3. The predicted octanol–water partition coefficient (Wildman–Crippen LogP) is 4.26. The minimum Gasteiger partial charge on any atom is -0.326 e. The van der Waals surface area contributed by atoms with Crippen LogP contribution in [0.1, 0.15) is 20.8 Å². The number of amides is 2. The van der Waals surface area contributed by atoms with Gasteiger partial charge in [0, 0.05) is 23.8 Å². The molecular weight excluding hydrogens is 406 g/mol. The molecule has 2 heterocycles. The smallest absolute Gasteiger partial charge is 0.234 e. The van der Waals surface area contributed by atoms with Gasteiger partial charge in [-0.15, -0.1) is 21.5 Å². The van der Waals surface area contributed by atoms with Gasteiger partial charge < -0.3 is 15.2 Å². The van der Waals surface area contributed by atoms with Crippen LogP contribution in [0.15, 0.2) is 46.9 Å². The van der Waals surface area contributed by atoms with Crippen LogP contribution in [0.3, 0.4) is 0 Å². The molecule has 3 aromatic rings. The lowest BCUT2D eigenvalue weighted by Crippen LogP contribution is -2.27. The first-order chi connectivity index (χ1) is 13.7. The van der Waals surface area contributed by atoms with Crippen LogP contribution in [0.4, 0.5) is 11.4 Å². The Hall–Kier alpha value is -2.65. The Morgan fingerprint density at radius 2 is 1.72 bits per heavy atom. The number of hydrogen-bond donors (Lipinski definition) is 2. The van der Waals surface area contributed by atoms with Crippen molar-refractivity contribution in [3.05, 3.63) is 41.8 Å². The predicted molar refractivity (Wildman–Crippen MR) is 118 cm³/mol. The van der Waals surface area contributed by atoms with E-state index in [4.69, 9.17) is 0 Å². The topological polar surface area (TPSA) is 88.9 Å². The molecule has 7 nitrogen and oxygen atoms in total. The average molecular weight is 430 g/mol. The molecule has 0 aliphatic heterocycles. The van der Waals surface area contributed by atoms with Gasteiger partial charge in [-0.1, -0.05) is 38.6 Å². The standard InChI is InChI=1S/C20H23N5O2S2/c1-20(2,3)18(27)22-14-9-7-13(8-10-14)21-16(26)12-29-19-24-23-17(25(19)4)15-6-5-11-28-15/h5-11H,12H2,1-4H3,(H,21,26)(H,22,27). The third-order valence-electron chi connectivity index (χ3n) is 4.02. The molecule has 9 heteroatoms. The highest BCUT2D eigenvalue weighted by Gasteiger charge is 2.21. The molecule has 0 fully saturated rings. The lowest BCUT2D eigenvalue weighted by Gasteiger charge is -2.17. The minimum atomic E-state index is -0.465. The van der Waals surface area contributed by atoms with Crippen LogP contribution < -0.4 is 10.6 Å². The van der Waals surface area contributed by atoms with Gasteiger partial charge in [-0.05, 0) is 35.7 Å². The molecule has 2 amide bonds. The van der Waals surface area contributed by atoms with E-state index < -0.39 is 5.41 Å². The molecule has 2 aromatic heterocycles. The largest absolute Gasteiger partial charge is 0.326 e. The van der Waals surface area contributed by atoms with E-state index in [1.54, 1.807) is 35.6 Å². The normalized spacial score (nSPS) is 11.3. The molecule has 29 heavy (non-hydrogen) atoms. The molecule has 0 saturated carbocycles. The number of carbonyl (C=O) groups excluding carboxylic acids is 2. The third kappa shape index (κ3) is 5.45. The number of rotatable bonds is 6. The van der Waals surface area contributed by atoms with Crippen LogP contribution in [0.2, 0.25) is 0 Å². The molecule has 0 unspecified atom stereocenters. The van der Waals surface area contributed by atoms with E-state index in [0.29, 0.717) is 16.5 Å². The van der Waals surface area contributed by atoms with Crippen molar-refractivity contribution in [2.24, 2.45) is 12.5 Å². The Balaban J connectivity index is 1.53. The van der Waals surface area contributed by atoms with E-state index in [0.717, 1.165) is 10.7 Å². The molecule has 0 radical (unpaired) electrons. The van der Waals surface area contributed by atoms with Crippen LogP contribution in [0.5, 0.6) is 0 Å². The molecule has 0 aliphatic rings. The third-order valence-corrected chi connectivity index (χ3v) is 5.90. The van der Waals surface area contributed by atoms with Crippen molar-refractivity contribution in [2.75, 3.05) is 16.4 Å². The van der Waals surface area contributed by atoms with Gasteiger partial charge in [-0.25, -0.2) is 0 Å². The monoisotopic (exact) mass is 429 g/mol. The van der Waals surface area contributed by atoms with E-state index >= 15 is 0 Å². The van der Waals surface area contributed by atoms with Crippen LogP contribution >= 0.6 is 23.1 Å². The maximum Gasteiger partial charge on any atom is 0.234 e. The summed E-state index contributed by atoms with van der Waals surface area (Å²) in [4.78, 5) is 25.3. The number of thioether (sulfide) groups is 1. The quantitative estimate of drug-likeness (QED) is 0.572. The van der Waals surface area contributed by atoms with Crippen molar-refractivity contribution in [3.8, 4) is 10.7 Å². The lowest BCUT2D eigenvalue weighted by molar-refractivity contribution is -0.123. The van der Waals surface area contributed by atoms with Crippen molar-refractivity contribution >= 4 is 46.3 Å². The first-order valence-corrected chi connectivity index (χ1v) is 10.9. The van der Waals surface area contributed by atoms with Gasteiger partial charge in [0.05, 0.1) is 10.6 Å². The van der Waals surface area contributed by atoms with Crippen molar-refractivity contribution in [1.82, 2.24) is 14.8 Å². The Bertz CT molecular complexity index is 989. The number of benzene rings is 1. The van der Waals surface area contributed by atoms with Crippen molar-refractivity contribution in [3.63, 3.8) is 0 Å². The SMILES string of the molecule is Cn1c(SCC(=O)Nc2ccc(NC(=O)C(C)(C)C)cc2)nnc1-c1cccs1. The van der Waals surface area contributed by atoms with Crippen LogP contribution in [0, 0.1) is 5.41 Å². The molecular formula is C20H23N5O2S2. The Morgan fingerprint density at radius 1 is 1.07 bits per heavy atom. The summed E-state index contributed by atoms with van der Waals surface area (Å²) >= 11 is 2.93. The van der Waals surface area contributed by atoms with Gasteiger partial charge in [-0.2, -0.15) is 0 Å². The van der Waals surface area contributed by atoms with Gasteiger partial charge in [0.15, 0.2) is 11.0 Å². The molecule has 1 aromatic carbocycles. The maximum atomic E-state index is 12.3. The summed E-state index contributed by atoms with van der Waals surface area (Å²) in [5.41, 5.74) is 0.895. The average Bonchev–Trinajstić information content (AvgIpc) is 3.30. The zero-order chi connectivity index (χ0) is 21.0. The summed E-state index contributed by atoms with van der Waals surface area (Å²) in [6.07, 6.45) is 0. The summed E-state index contributed by atoms with van der Waals surface area (Å²) in [6.45, 7) is 5.57. The Morgan fingerprint density at radius 3 is 2.31 bits per heavy atom. The lowest BCUT2D eigenvalue weighted by atomic mass is 9.95. The maximum absolute atomic E-state index is 12.3. The second-order valence-corrected chi connectivity index (χ2v) is 9.35. The highest BCUT2D eigenvalue weighted by molar-refractivity contribution is 7.99. The second-order valence-electron chi connectivity index (χ2n) is 7.46. The van der Waals surface area contributed by atoms with E-state index in [1.807, 2.05) is 49.9 Å². The fraction of sp³-hybridized carbons (Fsp3) is 0.300. The first-order valence-electron chi connectivity index (χ1n) is 9.01. The van der Waals surface area contributed by atoms with Gasteiger partial charge in [0.25, 0.3) is 0 Å². The zero-order valence-electron chi connectivity index (χ0n) is 16.7. The molecule has 0 aliphatic carbocycles. The number of nitrogens with one attached hydrogen (secondary N) is 2. The highest BCUT2D eigenvalue weighted by Crippen LogP contribution is 2.26. The number of hydrogen-bond acceptors (Lipinski definition) is 6. The number of thiophene rings is 1. The summed E-state index contributed by atoms with van der Waals surface area (Å²) in [5.74, 6) is 0.813. The fourth-order valence-electron chi connectivity index (χ4n) is 2.34. The minimum absolute atomic E-state index is 0.0590. The summed E-state index contributed by atoms with van der Waals surface area (Å²) in [7, 11) is 1.89. The van der Waals surface area contributed by atoms with Gasteiger partial charge in [-0.3, -0.25) is 9.59 Å². The molecule has 0 spiro atoms. The van der Waals surface area contributed by atoms with E-state index in [1.165, 1.54) is 11.8 Å². The first kappa shape index (κ1) is 21.1. The fourth-order valence-corrected chi connectivity index (χ4v) is 3.80. The summed E-state index contributed by atoms with van der Waals surface area (Å²) < 4.78 is 1.89. The molecule has 152 valence electrons. The molecule has 0 bridgehead atoms. The molecule has 2 N–H and O–H groups in total. The van der Waals surface area contributed by atoms with Gasteiger partial charge >= 0.3 is 0 Å². The van der Waals surface area contributed by atoms with E-state index in [2.05, 4.69) is 20.8 Å². The zero-order valence-corrected chi connectivity index (χ0v) is 18.4. The van der Waals surface area contributed by atoms with E-state index in [-0.39, 0.29) is 17.6 Å². The van der Waals surface area contributed by atoms with Crippen molar-refractivity contribution < 1.29 is 9.59 Å². The Labute approximate surface area is 177 Å². The highest BCUT2D eigenvalue weighted by atomic mass is 32.2. The van der Waals surface area contributed by atoms with Gasteiger partial charge in [0.1, 0.15) is 0 Å².